The van der Waals surface area contributed by atoms with Crippen LogP contribution in [0, 0.1) is 13.8 Å². The van der Waals surface area contributed by atoms with E-state index in [0.717, 1.165) is 42.2 Å². The molecule has 0 aliphatic carbocycles. The number of rotatable bonds is 7. The summed E-state index contributed by atoms with van der Waals surface area (Å²) in [5.41, 5.74) is 2.75. The molecule has 0 spiro atoms. The number of amides is 2. The molecular weight excluding hydrogens is 356 g/mol. The zero-order valence-electron chi connectivity index (χ0n) is 17.0. The molecule has 0 aromatic carbocycles. The Morgan fingerprint density at radius 2 is 1.93 bits per heavy atom. The SMILES string of the molecule is CCCNC(=O)CN1CCN(C(=O)c2cc(C)n(Cc3ccco3)c2C)CC1. The van der Waals surface area contributed by atoms with Crippen molar-refractivity contribution in [2.45, 2.75) is 33.7 Å². The average Bonchev–Trinajstić information content (AvgIpc) is 3.30. The number of carbonyl (C=O) groups is 2. The number of nitrogens with zero attached hydrogens (tertiary/aromatic N) is 3. The van der Waals surface area contributed by atoms with Gasteiger partial charge in [-0.3, -0.25) is 14.5 Å². The molecule has 7 heteroatoms. The van der Waals surface area contributed by atoms with Crippen molar-refractivity contribution < 1.29 is 14.0 Å². The molecule has 2 amide bonds. The predicted molar refractivity (Wildman–Crippen MR) is 107 cm³/mol. The van der Waals surface area contributed by atoms with Crippen molar-refractivity contribution in [2.75, 3.05) is 39.3 Å². The highest BCUT2D eigenvalue weighted by Crippen LogP contribution is 2.20. The second-order valence-electron chi connectivity index (χ2n) is 7.37. The Morgan fingerprint density at radius 1 is 1.18 bits per heavy atom. The van der Waals surface area contributed by atoms with E-state index >= 15 is 0 Å². The quantitative estimate of drug-likeness (QED) is 0.790. The lowest BCUT2D eigenvalue weighted by Gasteiger charge is -2.34. The summed E-state index contributed by atoms with van der Waals surface area (Å²) in [6, 6.07) is 5.78. The van der Waals surface area contributed by atoms with Crippen molar-refractivity contribution in [2.24, 2.45) is 0 Å². The Balaban J connectivity index is 1.59. The third-order valence-electron chi connectivity index (χ3n) is 5.30. The van der Waals surface area contributed by atoms with Crippen LogP contribution in [0.25, 0.3) is 0 Å². The summed E-state index contributed by atoms with van der Waals surface area (Å²) in [6.07, 6.45) is 2.60. The van der Waals surface area contributed by atoms with Gasteiger partial charge in [-0.15, -0.1) is 0 Å². The van der Waals surface area contributed by atoms with Crippen LogP contribution < -0.4 is 5.32 Å². The Bertz CT molecular complexity index is 802. The first-order chi connectivity index (χ1) is 13.5. The summed E-state index contributed by atoms with van der Waals surface area (Å²) in [6.45, 7) is 10.5. The van der Waals surface area contributed by atoms with E-state index in [4.69, 9.17) is 4.42 Å². The molecule has 3 heterocycles. The van der Waals surface area contributed by atoms with Crippen LogP contribution in [0.15, 0.2) is 28.9 Å². The summed E-state index contributed by atoms with van der Waals surface area (Å²) in [7, 11) is 0. The number of aromatic nitrogens is 1. The molecule has 1 saturated heterocycles. The molecular formula is C21H30N4O3. The maximum Gasteiger partial charge on any atom is 0.255 e. The van der Waals surface area contributed by atoms with Gasteiger partial charge in [0, 0.05) is 44.1 Å². The van der Waals surface area contributed by atoms with Crippen LogP contribution in [-0.2, 0) is 11.3 Å². The molecule has 0 saturated carbocycles. The van der Waals surface area contributed by atoms with Gasteiger partial charge in [-0.05, 0) is 38.5 Å². The van der Waals surface area contributed by atoms with Crippen molar-refractivity contribution in [1.29, 1.82) is 0 Å². The van der Waals surface area contributed by atoms with Gasteiger partial charge in [0.05, 0.1) is 24.9 Å². The molecule has 1 fully saturated rings. The summed E-state index contributed by atoms with van der Waals surface area (Å²) in [5.74, 6) is 0.993. The summed E-state index contributed by atoms with van der Waals surface area (Å²) < 4.78 is 7.56. The van der Waals surface area contributed by atoms with Crippen LogP contribution in [0.3, 0.4) is 0 Å². The molecule has 2 aromatic heterocycles. The topological polar surface area (TPSA) is 70.7 Å². The molecule has 1 aliphatic rings. The molecule has 0 bridgehead atoms. The molecule has 0 radical (unpaired) electrons. The molecule has 28 heavy (non-hydrogen) atoms. The van der Waals surface area contributed by atoms with Crippen molar-refractivity contribution >= 4 is 11.8 Å². The van der Waals surface area contributed by atoms with Gasteiger partial charge in [0.2, 0.25) is 5.91 Å². The summed E-state index contributed by atoms with van der Waals surface area (Å²) >= 11 is 0. The van der Waals surface area contributed by atoms with Crippen molar-refractivity contribution in [3.05, 3.63) is 47.2 Å². The van der Waals surface area contributed by atoms with Gasteiger partial charge in [-0.1, -0.05) is 6.92 Å². The number of piperazine rings is 1. The Kier molecular flexibility index (Phi) is 6.57. The number of furan rings is 1. The first-order valence-electron chi connectivity index (χ1n) is 9.97. The molecule has 0 atom stereocenters. The third kappa shape index (κ3) is 4.65. The lowest BCUT2D eigenvalue weighted by Crippen LogP contribution is -2.51. The molecule has 2 aromatic rings. The van der Waals surface area contributed by atoms with Crippen LogP contribution in [0.4, 0.5) is 0 Å². The normalized spacial score (nSPS) is 15.0. The van der Waals surface area contributed by atoms with Crippen LogP contribution in [0.2, 0.25) is 0 Å². The van der Waals surface area contributed by atoms with Crippen LogP contribution >= 0.6 is 0 Å². The summed E-state index contributed by atoms with van der Waals surface area (Å²) in [5, 5.41) is 2.90. The van der Waals surface area contributed by atoms with E-state index in [2.05, 4.69) is 14.8 Å². The molecule has 3 rings (SSSR count). The van der Waals surface area contributed by atoms with E-state index in [1.807, 2.05) is 43.9 Å². The fourth-order valence-corrected chi connectivity index (χ4v) is 3.62. The van der Waals surface area contributed by atoms with Crippen LogP contribution in [-0.4, -0.2) is 65.4 Å². The highest BCUT2D eigenvalue weighted by Gasteiger charge is 2.26. The highest BCUT2D eigenvalue weighted by atomic mass is 16.3. The average molecular weight is 386 g/mol. The Labute approximate surface area is 166 Å². The van der Waals surface area contributed by atoms with E-state index < -0.39 is 0 Å². The van der Waals surface area contributed by atoms with Gasteiger partial charge in [-0.25, -0.2) is 0 Å². The van der Waals surface area contributed by atoms with E-state index in [0.29, 0.717) is 32.7 Å². The lowest BCUT2D eigenvalue weighted by atomic mass is 10.2. The zero-order chi connectivity index (χ0) is 20.1. The minimum Gasteiger partial charge on any atom is -0.467 e. The lowest BCUT2D eigenvalue weighted by molar-refractivity contribution is -0.122. The standard InChI is InChI=1S/C21H30N4O3/c1-4-7-22-20(26)15-23-8-10-24(11-9-23)21(27)19-13-16(2)25(17(19)3)14-18-6-5-12-28-18/h5-6,12-13H,4,7-11,14-15H2,1-3H3,(H,22,26). The maximum absolute atomic E-state index is 13.1. The third-order valence-corrected chi connectivity index (χ3v) is 5.30. The smallest absolute Gasteiger partial charge is 0.255 e. The fourth-order valence-electron chi connectivity index (χ4n) is 3.62. The van der Waals surface area contributed by atoms with Gasteiger partial charge >= 0.3 is 0 Å². The van der Waals surface area contributed by atoms with Gasteiger partial charge < -0.3 is 19.2 Å². The largest absolute Gasteiger partial charge is 0.467 e. The first kappa shape index (κ1) is 20.2. The second kappa shape index (κ2) is 9.10. The van der Waals surface area contributed by atoms with Crippen LogP contribution in [0.5, 0.6) is 0 Å². The molecule has 152 valence electrons. The van der Waals surface area contributed by atoms with Gasteiger partial charge in [0.1, 0.15) is 5.76 Å². The van der Waals surface area contributed by atoms with E-state index in [9.17, 15) is 9.59 Å². The van der Waals surface area contributed by atoms with Crippen molar-refractivity contribution in [1.82, 2.24) is 19.7 Å². The maximum atomic E-state index is 13.1. The van der Waals surface area contributed by atoms with Crippen molar-refractivity contribution in [3.63, 3.8) is 0 Å². The number of hydrogen-bond acceptors (Lipinski definition) is 4. The number of nitrogens with one attached hydrogen (secondary N) is 1. The van der Waals surface area contributed by atoms with Gasteiger partial charge in [-0.2, -0.15) is 0 Å². The first-order valence-corrected chi connectivity index (χ1v) is 9.97. The molecule has 7 nitrogen and oxygen atoms in total. The number of carbonyl (C=O) groups excluding carboxylic acids is 2. The second-order valence-corrected chi connectivity index (χ2v) is 7.37. The predicted octanol–water partition coefficient (Wildman–Crippen LogP) is 2.03. The van der Waals surface area contributed by atoms with Crippen molar-refractivity contribution in [3.8, 4) is 0 Å². The van der Waals surface area contributed by atoms with E-state index in [1.54, 1.807) is 6.26 Å². The van der Waals surface area contributed by atoms with E-state index in [-0.39, 0.29) is 11.8 Å². The number of hydrogen-bond donors (Lipinski definition) is 1. The molecule has 1 N–H and O–H groups in total. The minimum absolute atomic E-state index is 0.0584. The number of aryl methyl sites for hydroxylation is 1. The highest BCUT2D eigenvalue weighted by molar-refractivity contribution is 5.95. The summed E-state index contributed by atoms with van der Waals surface area (Å²) in [4.78, 5) is 28.9. The minimum atomic E-state index is 0.0584. The van der Waals surface area contributed by atoms with E-state index in [1.165, 1.54) is 0 Å². The van der Waals surface area contributed by atoms with Crippen LogP contribution in [0.1, 0.15) is 40.9 Å². The molecule has 1 aliphatic heterocycles. The monoisotopic (exact) mass is 386 g/mol. The Morgan fingerprint density at radius 3 is 2.57 bits per heavy atom. The van der Waals surface area contributed by atoms with Gasteiger partial charge in [0.25, 0.3) is 5.91 Å². The zero-order valence-corrected chi connectivity index (χ0v) is 17.0. The molecule has 0 unspecified atom stereocenters. The Hall–Kier alpha value is -2.54. The van der Waals surface area contributed by atoms with Gasteiger partial charge in [0.15, 0.2) is 0 Å². The fraction of sp³-hybridized carbons (Fsp3) is 0.524.